The number of nitrogens with one attached hydrogen (secondary N) is 1. The van der Waals surface area contributed by atoms with Crippen molar-refractivity contribution in [2.45, 2.75) is 6.92 Å². The van der Waals surface area contributed by atoms with Gasteiger partial charge in [-0.15, -0.1) is 10.2 Å². The summed E-state index contributed by atoms with van der Waals surface area (Å²) in [5.74, 6) is 0. The van der Waals surface area contributed by atoms with Gasteiger partial charge < -0.3 is 0 Å². The molecule has 0 aliphatic heterocycles. The van der Waals surface area contributed by atoms with E-state index < -0.39 is 7.21 Å². The van der Waals surface area contributed by atoms with Gasteiger partial charge >= 0.3 is 0 Å². The average molecular weight is 474 g/mol. The zero-order valence-corrected chi connectivity index (χ0v) is 20.2. The van der Waals surface area contributed by atoms with Gasteiger partial charge in [-0.2, -0.15) is 0 Å². The Morgan fingerprint density at radius 3 is 1.71 bits per heavy atom. The molecule has 0 bridgehead atoms. The summed E-state index contributed by atoms with van der Waals surface area (Å²) < 4.78 is 7.40. The lowest BCUT2D eigenvalue weighted by molar-refractivity contribution is 0.990. The lowest BCUT2D eigenvalue weighted by Gasteiger charge is -2.30. The van der Waals surface area contributed by atoms with E-state index in [2.05, 4.69) is 132 Å². The molecule has 1 heterocycles. The molecule has 0 saturated carbocycles. The summed E-state index contributed by atoms with van der Waals surface area (Å²) in [5, 5.41) is 18.9. The van der Waals surface area contributed by atoms with Gasteiger partial charge in [0.25, 0.3) is 0 Å². The van der Waals surface area contributed by atoms with Crippen LogP contribution in [-0.4, -0.2) is 14.9 Å². The summed E-state index contributed by atoms with van der Waals surface area (Å²) in [7, 11) is -2.66. The Hall–Kier alpha value is -4.21. The van der Waals surface area contributed by atoms with Gasteiger partial charge in [-0.05, 0) is 40.6 Å². The number of rotatable bonds is 5. The van der Waals surface area contributed by atoms with Crippen LogP contribution in [-0.2, 0) is 0 Å². The summed E-state index contributed by atoms with van der Waals surface area (Å²) in [5.41, 5.74) is 2.13. The number of fused-ring (bicyclic) bond motifs is 2. The van der Waals surface area contributed by atoms with E-state index in [9.17, 15) is 0 Å². The van der Waals surface area contributed by atoms with Crippen molar-refractivity contribution in [2.75, 3.05) is 5.20 Å². The SMILES string of the molecule is Cc1ccc(N=P(Nn2cnnc2)(c2cccc3ccccc23)c2cccc3ccccc23)cc1. The second kappa shape index (κ2) is 8.86. The molecule has 0 radical (unpaired) electrons. The Bertz CT molecular complexity index is 1590. The van der Waals surface area contributed by atoms with Crippen molar-refractivity contribution in [3.8, 4) is 0 Å². The van der Waals surface area contributed by atoms with E-state index in [1.807, 2.05) is 4.68 Å². The molecule has 0 unspecified atom stereocenters. The number of hydrogen-bond acceptors (Lipinski definition) is 3. The fourth-order valence-electron chi connectivity index (χ4n) is 4.55. The number of aryl methyl sites for hydroxylation is 1. The van der Waals surface area contributed by atoms with Crippen LogP contribution in [0.3, 0.4) is 0 Å². The fraction of sp³-hybridized carbons (Fsp3) is 0.0345. The zero-order valence-electron chi connectivity index (χ0n) is 19.3. The van der Waals surface area contributed by atoms with Crippen molar-refractivity contribution in [1.29, 1.82) is 0 Å². The van der Waals surface area contributed by atoms with Crippen molar-refractivity contribution in [3.05, 3.63) is 127 Å². The molecule has 0 aliphatic rings. The van der Waals surface area contributed by atoms with E-state index >= 15 is 0 Å². The zero-order chi connectivity index (χ0) is 23.7. The molecule has 170 valence electrons. The molecule has 0 amide bonds. The maximum atomic E-state index is 5.57. The van der Waals surface area contributed by atoms with E-state index in [1.54, 1.807) is 12.7 Å². The fourth-order valence-corrected chi connectivity index (χ4v) is 7.91. The monoisotopic (exact) mass is 473 g/mol. The number of aromatic nitrogens is 3. The van der Waals surface area contributed by atoms with Gasteiger partial charge in [0.2, 0.25) is 0 Å². The van der Waals surface area contributed by atoms with Gasteiger partial charge in [0.15, 0.2) is 0 Å². The largest absolute Gasteiger partial charge is 0.280 e. The first-order chi connectivity index (χ1) is 17.2. The Morgan fingerprint density at radius 1 is 0.629 bits per heavy atom. The van der Waals surface area contributed by atoms with Gasteiger partial charge in [-0.25, -0.2) is 9.42 Å². The van der Waals surface area contributed by atoms with Gasteiger partial charge in [0.1, 0.15) is 19.9 Å². The van der Waals surface area contributed by atoms with Crippen molar-refractivity contribution in [2.24, 2.45) is 4.74 Å². The van der Waals surface area contributed by atoms with E-state index in [-0.39, 0.29) is 0 Å². The third kappa shape index (κ3) is 3.90. The summed E-state index contributed by atoms with van der Waals surface area (Å²) in [6.07, 6.45) is 3.38. The molecule has 5 nitrogen and oxygen atoms in total. The Kier molecular flexibility index (Phi) is 5.40. The van der Waals surface area contributed by atoms with Crippen molar-refractivity contribution in [1.82, 2.24) is 14.9 Å². The molecule has 0 aliphatic carbocycles. The minimum Gasteiger partial charge on any atom is -0.280 e. The molecule has 1 N–H and O–H groups in total. The molecule has 35 heavy (non-hydrogen) atoms. The van der Waals surface area contributed by atoms with Gasteiger partial charge in [0, 0.05) is 10.6 Å². The number of nitrogens with zero attached hydrogens (tertiary/aromatic N) is 4. The number of hydrogen-bond donors (Lipinski definition) is 1. The van der Waals surface area contributed by atoms with Gasteiger partial charge in [0.05, 0.1) is 5.69 Å². The minimum absolute atomic E-state index is 0.922. The molecule has 0 saturated heterocycles. The van der Waals surface area contributed by atoms with Crippen LogP contribution in [0.2, 0.25) is 0 Å². The molecule has 6 rings (SSSR count). The Morgan fingerprint density at radius 2 is 1.14 bits per heavy atom. The van der Waals surface area contributed by atoms with Crippen LogP contribution in [0.1, 0.15) is 5.56 Å². The first-order valence-electron chi connectivity index (χ1n) is 11.5. The summed E-state index contributed by atoms with van der Waals surface area (Å²) in [6.45, 7) is 2.09. The molecule has 5 aromatic carbocycles. The van der Waals surface area contributed by atoms with E-state index in [0.29, 0.717) is 0 Å². The van der Waals surface area contributed by atoms with Gasteiger partial charge in [-0.3, -0.25) is 5.20 Å². The maximum absolute atomic E-state index is 5.57. The van der Waals surface area contributed by atoms with Crippen molar-refractivity contribution >= 4 is 45.0 Å². The molecular weight excluding hydrogens is 449 g/mol. The van der Waals surface area contributed by atoms with Crippen LogP contribution in [0.25, 0.3) is 21.5 Å². The predicted octanol–water partition coefficient (Wildman–Crippen LogP) is 6.54. The molecule has 0 fully saturated rings. The highest BCUT2D eigenvalue weighted by atomic mass is 31.2. The topological polar surface area (TPSA) is 55.1 Å². The third-order valence-corrected chi connectivity index (χ3v) is 9.43. The van der Waals surface area contributed by atoms with Crippen molar-refractivity contribution in [3.63, 3.8) is 0 Å². The normalized spacial score (nSPS) is 11.6. The van der Waals surface area contributed by atoms with E-state index in [0.717, 1.165) is 16.3 Å². The average Bonchev–Trinajstić information content (AvgIpc) is 3.42. The summed E-state index contributed by atoms with van der Waals surface area (Å²) in [4.78, 5) is 0. The predicted molar refractivity (Wildman–Crippen MR) is 147 cm³/mol. The van der Waals surface area contributed by atoms with Crippen LogP contribution >= 0.6 is 7.21 Å². The molecule has 0 spiro atoms. The second-order valence-electron chi connectivity index (χ2n) is 8.54. The van der Waals surface area contributed by atoms with Crippen LogP contribution < -0.4 is 15.8 Å². The van der Waals surface area contributed by atoms with Crippen LogP contribution in [0.4, 0.5) is 5.69 Å². The molecule has 6 aromatic rings. The second-order valence-corrected chi connectivity index (χ2v) is 11.2. The highest BCUT2D eigenvalue weighted by molar-refractivity contribution is 7.82. The Labute approximate surface area is 204 Å². The minimum atomic E-state index is -2.66. The molecule has 0 atom stereocenters. The highest BCUT2D eigenvalue weighted by Gasteiger charge is 2.29. The molecule has 6 heteroatoms. The Balaban J connectivity index is 1.79. The van der Waals surface area contributed by atoms with Crippen LogP contribution in [0.5, 0.6) is 0 Å². The van der Waals surface area contributed by atoms with Gasteiger partial charge in [-0.1, -0.05) is 103 Å². The first-order valence-corrected chi connectivity index (χ1v) is 13.3. The molecule has 1 aromatic heterocycles. The maximum Gasteiger partial charge on any atom is 0.139 e. The molecular formula is C29H24N5P. The number of benzene rings is 5. The first kappa shape index (κ1) is 21.3. The standard InChI is InChI=1S/C29H24N5P/c1-22-16-18-25(19-17-22)32-35(33-34-20-30-31-21-34,28-14-6-10-23-8-2-4-12-26(23)28)29-15-7-11-24-9-3-5-13-27(24)29/h2-21,33H,1H3. The van der Waals surface area contributed by atoms with Crippen LogP contribution in [0, 0.1) is 6.92 Å². The highest BCUT2D eigenvalue weighted by Crippen LogP contribution is 2.50. The summed E-state index contributed by atoms with van der Waals surface area (Å²) >= 11 is 0. The quantitative estimate of drug-likeness (QED) is 0.290. The summed E-state index contributed by atoms with van der Waals surface area (Å²) in [6, 6.07) is 38.4. The van der Waals surface area contributed by atoms with E-state index in [4.69, 9.17) is 4.74 Å². The van der Waals surface area contributed by atoms with E-state index in [1.165, 1.54) is 27.1 Å². The van der Waals surface area contributed by atoms with Crippen molar-refractivity contribution < 1.29 is 0 Å². The lowest BCUT2D eigenvalue weighted by atomic mass is 10.1. The van der Waals surface area contributed by atoms with Crippen LogP contribution in [0.15, 0.2) is 127 Å². The smallest absolute Gasteiger partial charge is 0.139 e. The lowest BCUT2D eigenvalue weighted by Crippen LogP contribution is -2.28. The third-order valence-electron chi connectivity index (χ3n) is 6.21.